The predicted molar refractivity (Wildman–Crippen MR) is 121 cm³/mol. The molecule has 0 aliphatic carbocycles. The minimum absolute atomic E-state index is 0.00807. The summed E-state index contributed by atoms with van der Waals surface area (Å²) in [7, 11) is 0. The zero-order valence-corrected chi connectivity index (χ0v) is 17.4. The molecule has 4 aromatic rings. The van der Waals surface area contributed by atoms with Crippen LogP contribution in [0, 0.1) is 27.2 Å². The first-order valence-electron chi connectivity index (χ1n) is 9.51. The number of anilines is 2. The number of non-ortho nitro benzene ring substituents is 2. The molecule has 4 rings (SSSR count). The van der Waals surface area contributed by atoms with Crippen molar-refractivity contribution in [3.8, 4) is 0 Å². The summed E-state index contributed by atoms with van der Waals surface area (Å²) in [6.45, 7) is 1.65. The Kier molecular flexibility index (Phi) is 5.57. The molecular weight excluding hydrogens is 446 g/mol. The van der Waals surface area contributed by atoms with Crippen molar-refractivity contribution in [1.29, 1.82) is 0 Å². The van der Waals surface area contributed by atoms with Crippen molar-refractivity contribution in [2.24, 2.45) is 20.5 Å². The van der Waals surface area contributed by atoms with E-state index in [9.17, 15) is 20.2 Å². The molecule has 2 aromatic heterocycles. The predicted octanol–water partition coefficient (Wildman–Crippen LogP) is 4.85. The third kappa shape index (κ3) is 4.20. The molecule has 0 spiro atoms. The summed E-state index contributed by atoms with van der Waals surface area (Å²) in [6, 6.07) is 11.0. The van der Waals surface area contributed by atoms with Gasteiger partial charge < -0.3 is 11.5 Å². The molecule has 2 heterocycles. The highest BCUT2D eigenvalue weighted by Gasteiger charge is 2.18. The van der Waals surface area contributed by atoms with Gasteiger partial charge in [0.25, 0.3) is 11.4 Å². The molecule has 0 unspecified atom stereocenters. The number of fused-ring (bicyclic) bond motifs is 1. The largest absolute Gasteiger partial charge is 0.382 e. The van der Waals surface area contributed by atoms with Crippen molar-refractivity contribution in [2.75, 3.05) is 11.5 Å². The van der Waals surface area contributed by atoms with E-state index in [4.69, 9.17) is 11.5 Å². The van der Waals surface area contributed by atoms with E-state index in [2.05, 4.69) is 30.5 Å². The van der Waals surface area contributed by atoms with Gasteiger partial charge in [-0.3, -0.25) is 20.2 Å². The quantitative estimate of drug-likeness (QED) is 0.229. The maximum atomic E-state index is 10.8. The van der Waals surface area contributed by atoms with E-state index >= 15 is 0 Å². The zero-order chi connectivity index (χ0) is 24.4. The van der Waals surface area contributed by atoms with Gasteiger partial charge >= 0.3 is 0 Å². The molecule has 15 nitrogen and oxygen atoms in total. The van der Waals surface area contributed by atoms with Gasteiger partial charge in [-0.25, -0.2) is 4.98 Å². The lowest BCUT2D eigenvalue weighted by Gasteiger charge is -2.05. The lowest BCUT2D eigenvalue weighted by Crippen LogP contribution is -2.02. The Hall–Kier alpha value is -5.34. The summed E-state index contributed by atoms with van der Waals surface area (Å²) in [6.07, 6.45) is 0. The minimum Gasteiger partial charge on any atom is -0.382 e. The fourth-order valence-electron chi connectivity index (χ4n) is 2.90. The van der Waals surface area contributed by atoms with Crippen molar-refractivity contribution in [3.63, 3.8) is 0 Å². The second kappa shape index (κ2) is 8.65. The van der Waals surface area contributed by atoms with Crippen LogP contribution in [0.1, 0.15) is 5.69 Å². The SMILES string of the molecule is Cc1nc2c(N=Nc3ccc([N+](=O)[O-])cc3)c(N)nn2c(N)c1N=Nc1ccc([N+](=O)[O-])cc1. The summed E-state index contributed by atoms with van der Waals surface area (Å²) in [5.41, 5.74) is 13.8. The molecule has 0 fully saturated rings. The number of hydrogen-bond acceptors (Lipinski definition) is 12. The second-order valence-electron chi connectivity index (χ2n) is 6.85. The molecule has 2 aromatic carbocycles. The van der Waals surface area contributed by atoms with E-state index in [0.717, 1.165) is 0 Å². The first-order chi connectivity index (χ1) is 16.2. The van der Waals surface area contributed by atoms with Gasteiger partial charge in [-0.15, -0.1) is 15.3 Å². The van der Waals surface area contributed by atoms with E-state index in [1.54, 1.807) is 6.92 Å². The number of nitro groups is 2. The van der Waals surface area contributed by atoms with Crippen LogP contribution in [-0.2, 0) is 0 Å². The second-order valence-corrected chi connectivity index (χ2v) is 6.85. The number of aryl methyl sites for hydroxylation is 1. The van der Waals surface area contributed by atoms with E-state index in [1.807, 2.05) is 0 Å². The summed E-state index contributed by atoms with van der Waals surface area (Å²) >= 11 is 0. The van der Waals surface area contributed by atoms with Crippen LogP contribution >= 0.6 is 0 Å². The molecule has 4 N–H and O–H groups in total. The number of azo groups is 2. The smallest absolute Gasteiger partial charge is 0.269 e. The first-order valence-corrected chi connectivity index (χ1v) is 9.51. The number of rotatable bonds is 6. The van der Waals surface area contributed by atoms with Crippen LogP contribution in [0.15, 0.2) is 69.0 Å². The molecule has 15 heteroatoms. The van der Waals surface area contributed by atoms with Gasteiger partial charge in [0.15, 0.2) is 23.0 Å². The van der Waals surface area contributed by atoms with E-state index < -0.39 is 9.85 Å². The molecule has 0 aliphatic rings. The molecule has 0 bridgehead atoms. The van der Waals surface area contributed by atoms with Crippen molar-refractivity contribution < 1.29 is 9.85 Å². The summed E-state index contributed by atoms with van der Waals surface area (Å²) in [4.78, 5) is 24.9. The number of hydrogen-bond donors (Lipinski definition) is 2. The Labute approximate surface area is 189 Å². The summed E-state index contributed by atoms with van der Waals surface area (Å²) in [5.74, 6) is 0.102. The third-order valence-electron chi connectivity index (χ3n) is 4.60. The van der Waals surface area contributed by atoms with Gasteiger partial charge in [0.05, 0.1) is 26.9 Å². The van der Waals surface area contributed by atoms with Gasteiger partial charge in [-0.2, -0.15) is 14.7 Å². The Balaban J connectivity index is 1.66. The van der Waals surface area contributed by atoms with Crippen molar-refractivity contribution in [2.45, 2.75) is 6.92 Å². The van der Waals surface area contributed by atoms with Crippen LogP contribution < -0.4 is 11.5 Å². The number of nitrogen functional groups attached to an aromatic ring is 2. The standard InChI is InChI=1S/C19H15N11O4/c1-10-15(25-23-11-2-6-13(7-3-11)29(31)32)18(21)28-19(22-10)16(17(20)27-28)26-24-12-4-8-14(9-5-12)30(33)34/h2-9H,21H2,1H3,(H2,20,27). The topological polar surface area (TPSA) is 218 Å². The van der Waals surface area contributed by atoms with Crippen molar-refractivity contribution in [3.05, 3.63) is 74.5 Å². The number of aromatic nitrogens is 3. The molecule has 0 saturated carbocycles. The van der Waals surface area contributed by atoms with Crippen LogP contribution in [0.3, 0.4) is 0 Å². The lowest BCUT2D eigenvalue weighted by atomic mass is 10.3. The van der Waals surface area contributed by atoms with Crippen LogP contribution in [0.4, 0.5) is 45.8 Å². The Morgan fingerprint density at radius 1 is 0.794 bits per heavy atom. The van der Waals surface area contributed by atoms with Crippen LogP contribution in [0.25, 0.3) is 5.65 Å². The fraction of sp³-hybridized carbons (Fsp3) is 0.0526. The van der Waals surface area contributed by atoms with Gasteiger partial charge in [-0.1, -0.05) is 0 Å². The highest BCUT2D eigenvalue weighted by atomic mass is 16.6. The van der Waals surface area contributed by atoms with Gasteiger partial charge in [0, 0.05) is 24.3 Å². The average molecular weight is 461 g/mol. The van der Waals surface area contributed by atoms with Crippen molar-refractivity contribution >= 4 is 51.4 Å². The van der Waals surface area contributed by atoms with Crippen LogP contribution in [-0.4, -0.2) is 24.4 Å². The number of nitro benzene ring substituents is 2. The van der Waals surface area contributed by atoms with Crippen LogP contribution in [0.2, 0.25) is 0 Å². The molecule has 34 heavy (non-hydrogen) atoms. The molecule has 0 aliphatic heterocycles. The fourth-order valence-corrected chi connectivity index (χ4v) is 2.90. The molecule has 0 radical (unpaired) electrons. The molecule has 0 atom stereocenters. The summed E-state index contributed by atoms with van der Waals surface area (Å²) < 4.78 is 1.25. The van der Waals surface area contributed by atoms with Gasteiger partial charge in [-0.05, 0) is 31.2 Å². The third-order valence-corrected chi connectivity index (χ3v) is 4.60. The Morgan fingerprint density at radius 2 is 1.26 bits per heavy atom. The van der Waals surface area contributed by atoms with E-state index in [-0.39, 0.29) is 40.0 Å². The zero-order valence-electron chi connectivity index (χ0n) is 17.4. The number of nitrogens with zero attached hydrogens (tertiary/aromatic N) is 9. The highest BCUT2D eigenvalue weighted by Crippen LogP contribution is 2.35. The monoisotopic (exact) mass is 461 g/mol. The molecular formula is C19H15N11O4. The molecule has 0 saturated heterocycles. The summed E-state index contributed by atoms with van der Waals surface area (Å²) in [5, 5.41) is 42.0. The molecule has 0 amide bonds. The lowest BCUT2D eigenvalue weighted by molar-refractivity contribution is -0.385. The van der Waals surface area contributed by atoms with Gasteiger partial charge in [0.2, 0.25) is 0 Å². The van der Waals surface area contributed by atoms with E-state index in [1.165, 1.54) is 53.0 Å². The highest BCUT2D eigenvalue weighted by molar-refractivity contribution is 5.79. The normalized spacial score (nSPS) is 11.6. The number of nitrogens with two attached hydrogens (primary N) is 2. The Morgan fingerprint density at radius 3 is 1.74 bits per heavy atom. The number of benzene rings is 2. The first kappa shape index (κ1) is 21.9. The Bertz CT molecular complexity index is 1480. The van der Waals surface area contributed by atoms with Crippen LogP contribution in [0.5, 0.6) is 0 Å². The van der Waals surface area contributed by atoms with Crippen molar-refractivity contribution in [1.82, 2.24) is 14.6 Å². The maximum Gasteiger partial charge on any atom is 0.269 e. The minimum atomic E-state index is -0.518. The maximum absolute atomic E-state index is 10.8. The van der Waals surface area contributed by atoms with Gasteiger partial charge in [0.1, 0.15) is 5.69 Å². The average Bonchev–Trinajstić information content (AvgIpc) is 3.13. The molecule has 170 valence electrons. The van der Waals surface area contributed by atoms with E-state index in [0.29, 0.717) is 17.1 Å².